The van der Waals surface area contributed by atoms with Crippen LogP contribution in [-0.2, 0) is 9.53 Å². The SMILES string of the molecule is CC(=O)c1c(C)[nH]c(C(=O)OC(C)C(=O)Nc2ccccc2F)c1C. The average molecular weight is 346 g/mol. The first kappa shape index (κ1) is 18.4. The molecule has 7 heteroatoms. The van der Waals surface area contributed by atoms with Crippen LogP contribution in [0, 0.1) is 19.7 Å². The van der Waals surface area contributed by atoms with Crippen molar-refractivity contribution in [3.8, 4) is 0 Å². The van der Waals surface area contributed by atoms with Crippen LogP contribution in [0.5, 0.6) is 0 Å². The number of amides is 1. The summed E-state index contributed by atoms with van der Waals surface area (Å²) in [5, 5.41) is 2.36. The highest BCUT2D eigenvalue weighted by Crippen LogP contribution is 2.20. The molecule has 1 amide bonds. The highest BCUT2D eigenvalue weighted by Gasteiger charge is 2.25. The van der Waals surface area contributed by atoms with Crippen molar-refractivity contribution in [1.29, 1.82) is 0 Å². The van der Waals surface area contributed by atoms with Gasteiger partial charge in [-0.05, 0) is 45.4 Å². The van der Waals surface area contributed by atoms with Gasteiger partial charge < -0.3 is 15.0 Å². The van der Waals surface area contributed by atoms with Crippen molar-refractivity contribution in [1.82, 2.24) is 4.98 Å². The zero-order valence-corrected chi connectivity index (χ0v) is 14.4. The van der Waals surface area contributed by atoms with E-state index in [2.05, 4.69) is 10.3 Å². The first-order valence-electron chi connectivity index (χ1n) is 7.68. The van der Waals surface area contributed by atoms with Crippen LogP contribution in [0.3, 0.4) is 0 Å². The Balaban J connectivity index is 2.10. The minimum atomic E-state index is -1.14. The third-order valence-corrected chi connectivity index (χ3v) is 3.78. The number of para-hydroxylation sites is 1. The van der Waals surface area contributed by atoms with E-state index in [1.54, 1.807) is 19.9 Å². The van der Waals surface area contributed by atoms with Crippen LogP contribution in [0.25, 0.3) is 0 Å². The van der Waals surface area contributed by atoms with Crippen molar-refractivity contribution in [2.24, 2.45) is 0 Å². The van der Waals surface area contributed by atoms with Crippen LogP contribution in [0.2, 0.25) is 0 Å². The lowest BCUT2D eigenvalue weighted by atomic mass is 10.1. The van der Waals surface area contributed by atoms with E-state index < -0.39 is 23.8 Å². The number of benzene rings is 1. The van der Waals surface area contributed by atoms with Gasteiger partial charge in [-0.2, -0.15) is 0 Å². The number of ether oxygens (including phenoxy) is 1. The first-order valence-corrected chi connectivity index (χ1v) is 7.68. The van der Waals surface area contributed by atoms with E-state index in [1.807, 2.05) is 0 Å². The Labute approximate surface area is 144 Å². The Kier molecular flexibility index (Phi) is 5.36. The maximum absolute atomic E-state index is 13.6. The standard InChI is InChI=1S/C18H19FN2O4/c1-9-15(11(3)22)10(2)20-16(9)18(24)25-12(4)17(23)21-14-8-6-5-7-13(14)19/h5-8,12,20H,1-4H3,(H,21,23). The number of rotatable bonds is 5. The Hall–Kier alpha value is -2.96. The van der Waals surface area contributed by atoms with E-state index >= 15 is 0 Å². The summed E-state index contributed by atoms with van der Waals surface area (Å²) in [4.78, 5) is 38.8. The number of aryl methyl sites for hydroxylation is 1. The number of anilines is 1. The van der Waals surface area contributed by atoms with Crippen molar-refractivity contribution < 1.29 is 23.5 Å². The van der Waals surface area contributed by atoms with Crippen molar-refractivity contribution in [3.63, 3.8) is 0 Å². The minimum absolute atomic E-state index is 0.00108. The zero-order chi connectivity index (χ0) is 18.7. The number of H-pyrrole nitrogens is 1. The fourth-order valence-electron chi connectivity index (χ4n) is 2.55. The van der Waals surface area contributed by atoms with Gasteiger partial charge in [0.05, 0.1) is 5.69 Å². The number of ketones is 1. The molecule has 0 aliphatic rings. The van der Waals surface area contributed by atoms with Crippen molar-refractivity contribution in [2.45, 2.75) is 33.8 Å². The molecule has 0 saturated carbocycles. The second kappa shape index (κ2) is 7.29. The van der Waals surface area contributed by atoms with Crippen molar-refractivity contribution in [2.75, 3.05) is 5.32 Å². The monoisotopic (exact) mass is 346 g/mol. The number of carbonyl (C=O) groups excluding carboxylic acids is 3. The predicted octanol–water partition coefficient (Wildman–Crippen LogP) is 3.16. The van der Waals surface area contributed by atoms with Gasteiger partial charge in [-0.15, -0.1) is 0 Å². The summed E-state index contributed by atoms with van der Waals surface area (Å²) >= 11 is 0. The Morgan fingerprint density at radius 2 is 1.84 bits per heavy atom. The van der Waals surface area contributed by atoms with Gasteiger partial charge in [0.25, 0.3) is 5.91 Å². The zero-order valence-electron chi connectivity index (χ0n) is 14.4. The molecular weight excluding hydrogens is 327 g/mol. The normalized spacial score (nSPS) is 11.7. The largest absolute Gasteiger partial charge is 0.448 e. The quantitative estimate of drug-likeness (QED) is 0.643. The number of aromatic nitrogens is 1. The number of Topliss-reactive ketones (excluding diaryl/α,β-unsaturated/α-hetero) is 1. The van der Waals surface area contributed by atoms with Crippen LogP contribution in [0.15, 0.2) is 24.3 Å². The van der Waals surface area contributed by atoms with E-state index in [0.717, 1.165) is 0 Å². The molecule has 1 heterocycles. The van der Waals surface area contributed by atoms with Crippen LogP contribution in [0.4, 0.5) is 10.1 Å². The third kappa shape index (κ3) is 3.93. The summed E-state index contributed by atoms with van der Waals surface area (Å²) in [6, 6.07) is 5.68. The summed E-state index contributed by atoms with van der Waals surface area (Å²) < 4.78 is 18.7. The molecule has 2 aromatic rings. The van der Waals surface area contributed by atoms with E-state index in [4.69, 9.17) is 4.74 Å². The number of aromatic amines is 1. The van der Waals surface area contributed by atoms with Crippen LogP contribution < -0.4 is 5.32 Å². The number of hydrogen-bond acceptors (Lipinski definition) is 4. The van der Waals surface area contributed by atoms with E-state index in [-0.39, 0.29) is 17.2 Å². The molecule has 0 fully saturated rings. The van der Waals surface area contributed by atoms with Crippen molar-refractivity contribution in [3.05, 3.63) is 52.6 Å². The third-order valence-electron chi connectivity index (χ3n) is 3.78. The maximum atomic E-state index is 13.6. The molecule has 25 heavy (non-hydrogen) atoms. The summed E-state index contributed by atoms with van der Waals surface area (Å²) in [5.74, 6) is -2.18. The van der Waals surface area contributed by atoms with Crippen LogP contribution >= 0.6 is 0 Å². The lowest BCUT2D eigenvalue weighted by Gasteiger charge is -2.13. The van der Waals surface area contributed by atoms with Gasteiger partial charge in [-0.25, -0.2) is 9.18 Å². The second-order valence-corrected chi connectivity index (χ2v) is 5.70. The highest BCUT2D eigenvalue weighted by molar-refractivity contribution is 6.02. The van der Waals surface area contributed by atoms with Crippen LogP contribution in [0.1, 0.15) is 46.0 Å². The van der Waals surface area contributed by atoms with Gasteiger partial charge in [-0.1, -0.05) is 12.1 Å². The molecule has 2 N–H and O–H groups in total. The van der Waals surface area contributed by atoms with Gasteiger partial charge in [0, 0.05) is 11.3 Å². The summed E-state index contributed by atoms with van der Waals surface area (Å²) in [6.07, 6.45) is -1.14. The molecule has 0 aliphatic heterocycles. The number of esters is 1. The van der Waals surface area contributed by atoms with E-state index in [9.17, 15) is 18.8 Å². The van der Waals surface area contributed by atoms with Gasteiger partial charge in [0.1, 0.15) is 11.5 Å². The lowest BCUT2D eigenvalue weighted by molar-refractivity contribution is -0.123. The summed E-state index contributed by atoms with van der Waals surface area (Å²) in [7, 11) is 0. The number of nitrogens with one attached hydrogen (secondary N) is 2. The summed E-state index contributed by atoms with van der Waals surface area (Å²) in [6.45, 7) is 6.09. The molecule has 0 aliphatic carbocycles. The van der Waals surface area contributed by atoms with Crippen LogP contribution in [-0.4, -0.2) is 28.7 Å². The van der Waals surface area contributed by atoms with E-state index in [1.165, 1.54) is 32.0 Å². The average Bonchev–Trinajstić information content (AvgIpc) is 2.84. The van der Waals surface area contributed by atoms with Gasteiger partial charge in [-0.3, -0.25) is 9.59 Å². The molecular formula is C18H19FN2O4. The smallest absolute Gasteiger partial charge is 0.355 e. The Bertz CT molecular complexity index is 842. The fraction of sp³-hybridized carbons (Fsp3) is 0.278. The number of hydrogen-bond donors (Lipinski definition) is 2. The summed E-state index contributed by atoms with van der Waals surface area (Å²) in [5.41, 5.74) is 1.57. The molecule has 0 saturated heterocycles. The van der Waals surface area contributed by atoms with Gasteiger partial charge >= 0.3 is 5.97 Å². The first-order chi connectivity index (χ1) is 11.7. The molecule has 1 unspecified atom stereocenters. The maximum Gasteiger partial charge on any atom is 0.355 e. The molecule has 0 radical (unpaired) electrons. The Morgan fingerprint density at radius 3 is 2.40 bits per heavy atom. The molecule has 6 nitrogen and oxygen atoms in total. The van der Waals surface area contributed by atoms with E-state index in [0.29, 0.717) is 16.8 Å². The van der Waals surface area contributed by atoms with Gasteiger partial charge in [0.15, 0.2) is 11.9 Å². The molecule has 1 aromatic carbocycles. The topological polar surface area (TPSA) is 88.3 Å². The highest BCUT2D eigenvalue weighted by atomic mass is 19.1. The molecule has 0 spiro atoms. The van der Waals surface area contributed by atoms with Gasteiger partial charge in [0.2, 0.25) is 0 Å². The predicted molar refractivity (Wildman–Crippen MR) is 90.2 cm³/mol. The lowest BCUT2D eigenvalue weighted by Crippen LogP contribution is -2.30. The second-order valence-electron chi connectivity index (χ2n) is 5.70. The van der Waals surface area contributed by atoms with Crippen molar-refractivity contribution >= 4 is 23.3 Å². The minimum Gasteiger partial charge on any atom is -0.448 e. The number of carbonyl (C=O) groups is 3. The molecule has 132 valence electrons. The molecule has 2 rings (SSSR count). The molecule has 1 aromatic heterocycles. The molecule has 0 bridgehead atoms. The fourth-order valence-corrected chi connectivity index (χ4v) is 2.55. The number of halogens is 1. The molecule has 1 atom stereocenters. The Morgan fingerprint density at radius 1 is 1.20 bits per heavy atom.